The van der Waals surface area contributed by atoms with E-state index >= 15 is 0 Å². The third kappa shape index (κ3) is 3.06. The average Bonchev–Trinajstić information content (AvgIpc) is 3.06. The van der Waals surface area contributed by atoms with Crippen LogP contribution in [0.15, 0.2) is 65.7 Å². The van der Waals surface area contributed by atoms with Gasteiger partial charge in [0.25, 0.3) is 5.56 Å². The summed E-state index contributed by atoms with van der Waals surface area (Å²) < 4.78 is 2.71. The number of nitrogens with two attached hydrogens (primary N) is 1. The molecule has 0 atom stereocenters. The number of nitrogens with zero attached hydrogens (tertiary/aromatic N) is 2. The predicted molar refractivity (Wildman–Crippen MR) is 104 cm³/mol. The molecule has 0 fully saturated rings. The first-order valence-corrected chi connectivity index (χ1v) is 8.82. The second kappa shape index (κ2) is 6.18. The first kappa shape index (κ1) is 15.6. The zero-order valence-corrected chi connectivity index (χ0v) is 14.6. The third-order valence-electron chi connectivity index (χ3n) is 4.20. The van der Waals surface area contributed by atoms with Crippen LogP contribution in [0.5, 0.6) is 0 Å². The molecule has 0 radical (unpaired) electrons. The fourth-order valence-electron chi connectivity index (χ4n) is 2.80. The van der Waals surface area contributed by atoms with Gasteiger partial charge in [0, 0.05) is 17.1 Å². The number of aromatic nitrogens is 2. The maximum Gasteiger partial charge on any atom is 0.290 e. The molecule has 0 bridgehead atoms. The van der Waals surface area contributed by atoms with Crippen LogP contribution in [-0.4, -0.2) is 9.55 Å². The Labute approximate surface area is 149 Å². The molecule has 124 valence electrons. The molecule has 0 aliphatic heterocycles. The highest BCUT2D eigenvalue weighted by molar-refractivity contribution is 7.22. The van der Waals surface area contributed by atoms with Crippen LogP contribution < -0.4 is 11.3 Å². The Kier molecular flexibility index (Phi) is 3.86. The Morgan fingerprint density at radius 1 is 1.08 bits per heavy atom. The molecule has 0 saturated heterocycles. The van der Waals surface area contributed by atoms with E-state index in [0.29, 0.717) is 11.2 Å². The SMILES string of the molecule is Cc1ccc(Cn2cnc(=O)c3sc(-c4ccc(N)cc4)cc32)cc1. The van der Waals surface area contributed by atoms with Crippen LogP contribution in [0.4, 0.5) is 5.69 Å². The van der Waals surface area contributed by atoms with Crippen LogP contribution in [0.1, 0.15) is 11.1 Å². The van der Waals surface area contributed by atoms with Crippen molar-refractivity contribution in [1.29, 1.82) is 0 Å². The van der Waals surface area contributed by atoms with E-state index in [1.807, 2.05) is 28.8 Å². The monoisotopic (exact) mass is 347 g/mol. The molecule has 4 aromatic rings. The summed E-state index contributed by atoms with van der Waals surface area (Å²) in [6, 6.07) is 18.1. The Hall–Kier alpha value is -2.92. The molecule has 0 spiro atoms. The van der Waals surface area contributed by atoms with Crippen molar-refractivity contribution < 1.29 is 0 Å². The van der Waals surface area contributed by atoms with Gasteiger partial charge < -0.3 is 10.3 Å². The second-order valence-electron chi connectivity index (χ2n) is 6.11. The number of rotatable bonds is 3. The smallest absolute Gasteiger partial charge is 0.290 e. The van der Waals surface area contributed by atoms with Crippen LogP contribution in [0.25, 0.3) is 20.7 Å². The first-order chi connectivity index (χ1) is 12.1. The fourth-order valence-corrected chi connectivity index (χ4v) is 3.86. The number of fused-ring (bicyclic) bond motifs is 1. The van der Waals surface area contributed by atoms with E-state index < -0.39 is 0 Å². The standard InChI is InChI=1S/C20H17N3OS/c1-13-2-4-14(5-3-13)11-23-12-22-20(24)19-17(23)10-18(25-19)15-6-8-16(21)9-7-15/h2-10,12H,11,21H2,1H3. The van der Waals surface area contributed by atoms with Crippen molar-refractivity contribution in [3.63, 3.8) is 0 Å². The molecule has 0 aliphatic carbocycles. The van der Waals surface area contributed by atoms with Gasteiger partial charge >= 0.3 is 0 Å². The molecule has 2 heterocycles. The van der Waals surface area contributed by atoms with Crippen molar-refractivity contribution in [2.24, 2.45) is 0 Å². The molecule has 2 N–H and O–H groups in total. The van der Waals surface area contributed by atoms with E-state index in [1.54, 1.807) is 6.33 Å². The molecule has 2 aromatic carbocycles. The van der Waals surface area contributed by atoms with Gasteiger partial charge in [0.15, 0.2) is 0 Å². The predicted octanol–water partition coefficient (Wildman–Crippen LogP) is 4.06. The van der Waals surface area contributed by atoms with E-state index in [1.165, 1.54) is 22.5 Å². The second-order valence-corrected chi connectivity index (χ2v) is 7.16. The number of benzene rings is 2. The number of nitrogen functional groups attached to an aromatic ring is 1. The zero-order valence-electron chi connectivity index (χ0n) is 13.8. The zero-order chi connectivity index (χ0) is 17.4. The third-order valence-corrected chi connectivity index (χ3v) is 5.36. The lowest BCUT2D eigenvalue weighted by atomic mass is 10.1. The van der Waals surface area contributed by atoms with E-state index in [2.05, 4.69) is 42.2 Å². The minimum Gasteiger partial charge on any atom is -0.399 e. The van der Waals surface area contributed by atoms with Crippen molar-refractivity contribution in [2.75, 3.05) is 5.73 Å². The largest absolute Gasteiger partial charge is 0.399 e. The van der Waals surface area contributed by atoms with E-state index in [-0.39, 0.29) is 5.56 Å². The molecule has 0 amide bonds. The fraction of sp³-hybridized carbons (Fsp3) is 0.100. The summed E-state index contributed by atoms with van der Waals surface area (Å²) in [6.07, 6.45) is 1.63. The number of aryl methyl sites for hydroxylation is 1. The summed E-state index contributed by atoms with van der Waals surface area (Å²) in [5.41, 5.74) is 10.7. The van der Waals surface area contributed by atoms with Crippen molar-refractivity contribution in [3.05, 3.63) is 82.4 Å². The molecule has 0 aliphatic rings. The highest BCUT2D eigenvalue weighted by Gasteiger charge is 2.11. The summed E-state index contributed by atoms with van der Waals surface area (Å²) in [6.45, 7) is 2.75. The van der Waals surface area contributed by atoms with Gasteiger partial charge in [0.05, 0.1) is 11.8 Å². The maximum atomic E-state index is 12.2. The number of anilines is 1. The minimum atomic E-state index is -0.179. The van der Waals surface area contributed by atoms with Crippen molar-refractivity contribution in [3.8, 4) is 10.4 Å². The van der Waals surface area contributed by atoms with E-state index in [9.17, 15) is 4.79 Å². The van der Waals surface area contributed by atoms with Crippen LogP contribution in [0, 0.1) is 6.92 Å². The van der Waals surface area contributed by atoms with Crippen LogP contribution >= 0.6 is 11.3 Å². The van der Waals surface area contributed by atoms with E-state index in [0.717, 1.165) is 21.6 Å². The molecule has 4 nitrogen and oxygen atoms in total. The van der Waals surface area contributed by atoms with Crippen LogP contribution in [0.2, 0.25) is 0 Å². The summed E-state index contributed by atoms with van der Waals surface area (Å²) >= 11 is 1.47. The lowest BCUT2D eigenvalue weighted by Crippen LogP contribution is -2.11. The Morgan fingerprint density at radius 2 is 1.80 bits per heavy atom. The van der Waals surface area contributed by atoms with Gasteiger partial charge in [0.2, 0.25) is 0 Å². The average molecular weight is 347 g/mol. The Bertz CT molecular complexity index is 1090. The van der Waals surface area contributed by atoms with Gasteiger partial charge in [-0.1, -0.05) is 42.0 Å². The molecule has 25 heavy (non-hydrogen) atoms. The summed E-state index contributed by atoms with van der Waals surface area (Å²) in [4.78, 5) is 17.3. The Morgan fingerprint density at radius 3 is 2.52 bits per heavy atom. The quantitative estimate of drug-likeness (QED) is 0.568. The topological polar surface area (TPSA) is 60.9 Å². The number of hydrogen-bond donors (Lipinski definition) is 1. The number of thiophene rings is 1. The molecule has 0 unspecified atom stereocenters. The van der Waals surface area contributed by atoms with Crippen molar-refractivity contribution >= 4 is 27.2 Å². The van der Waals surface area contributed by atoms with E-state index in [4.69, 9.17) is 5.73 Å². The lowest BCUT2D eigenvalue weighted by Gasteiger charge is -2.07. The van der Waals surface area contributed by atoms with Gasteiger partial charge in [-0.25, -0.2) is 0 Å². The molecular formula is C20H17N3OS. The lowest BCUT2D eigenvalue weighted by molar-refractivity contribution is 0.799. The van der Waals surface area contributed by atoms with Gasteiger partial charge in [-0.3, -0.25) is 4.79 Å². The number of hydrogen-bond acceptors (Lipinski definition) is 4. The summed E-state index contributed by atoms with van der Waals surface area (Å²) in [5, 5.41) is 0. The van der Waals surface area contributed by atoms with Gasteiger partial charge in [-0.15, -0.1) is 11.3 Å². The van der Waals surface area contributed by atoms with Crippen molar-refractivity contribution in [1.82, 2.24) is 9.55 Å². The highest BCUT2D eigenvalue weighted by Crippen LogP contribution is 2.32. The van der Waals surface area contributed by atoms with Crippen molar-refractivity contribution in [2.45, 2.75) is 13.5 Å². The summed E-state index contributed by atoms with van der Waals surface area (Å²) in [7, 11) is 0. The molecule has 0 saturated carbocycles. The Balaban J connectivity index is 1.80. The van der Waals surface area contributed by atoms with Gasteiger partial charge in [-0.05, 0) is 36.2 Å². The minimum absolute atomic E-state index is 0.179. The highest BCUT2D eigenvalue weighted by atomic mass is 32.1. The van der Waals surface area contributed by atoms with Crippen LogP contribution in [-0.2, 0) is 6.54 Å². The molecular weight excluding hydrogens is 330 g/mol. The normalized spacial score (nSPS) is 11.1. The molecule has 2 aromatic heterocycles. The molecule has 5 heteroatoms. The molecule has 4 rings (SSSR count). The van der Waals surface area contributed by atoms with Crippen LogP contribution in [0.3, 0.4) is 0 Å². The summed E-state index contributed by atoms with van der Waals surface area (Å²) in [5.74, 6) is 0. The maximum absolute atomic E-state index is 12.2. The first-order valence-electron chi connectivity index (χ1n) is 8.00. The van der Waals surface area contributed by atoms with Gasteiger partial charge in [-0.2, -0.15) is 4.98 Å². The van der Waals surface area contributed by atoms with Gasteiger partial charge in [0.1, 0.15) is 4.70 Å².